The van der Waals surface area contributed by atoms with Crippen LogP contribution < -0.4 is 0 Å². The Hall–Kier alpha value is -0.200. The van der Waals surface area contributed by atoms with Gasteiger partial charge in [0.25, 0.3) is 0 Å². The van der Waals surface area contributed by atoms with Gasteiger partial charge < -0.3 is 23.7 Å². The van der Waals surface area contributed by atoms with Crippen LogP contribution in [0.3, 0.4) is 0 Å². The molecule has 0 bridgehead atoms. The van der Waals surface area contributed by atoms with Crippen LogP contribution in [0.4, 0.5) is 0 Å². The zero-order valence-corrected chi connectivity index (χ0v) is 18.9. The van der Waals surface area contributed by atoms with Gasteiger partial charge in [-0.25, -0.2) is 0 Å². The third-order valence-corrected chi connectivity index (χ3v) is 6.57. The lowest BCUT2D eigenvalue weighted by Gasteiger charge is -2.59. The number of ether oxygens (including phenoxy) is 5. The first-order chi connectivity index (χ1) is 12.6. The molecule has 2 aliphatic heterocycles. The van der Waals surface area contributed by atoms with Gasteiger partial charge in [-0.1, -0.05) is 41.5 Å². The summed E-state index contributed by atoms with van der Waals surface area (Å²) in [4.78, 5) is 0. The van der Waals surface area contributed by atoms with E-state index in [-0.39, 0.29) is 10.8 Å². The molecule has 1 unspecified atom stereocenters. The second-order valence-corrected chi connectivity index (χ2v) is 9.66. The van der Waals surface area contributed by atoms with E-state index in [1.54, 1.807) is 0 Å². The van der Waals surface area contributed by atoms with E-state index >= 15 is 0 Å². The standard InChI is InChI=1S/C22H42O5/c1-9-21(13-23-14-21)19(7,25-11-17(3)4)27-20(8,26-12-18(5)6)22(10-2)15-24-16-22/h17-18H,9-16H2,1-8H3/t19-,20?/m0/s1. The maximum atomic E-state index is 6.92. The van der Waals surface area contributed by atoms with Crippen LogP contribution in [0.5, 0.6) is 0 Å². The van der Waals surface area contributed by atoms with Crippen LogP contribution in [0.15, 0.2) is 0 Å². The third kappa shape index (κ3) is 4.37. The quantitative estimate of drug-likeness (QED) is 0.458. The fourth-order valence-corrected chi connectivity index (χ4v) is 3.88. The maximum Gasteiger partial charge on any atom is 0.178 e. The van der Waals surface area contributed by atoms with Crippen molar-refractivity contribution in [1.82, 2.24) is 0 Å². The highest BCUT2D eigenvalue weighted by Gasteiger charge is 2.62. The molecule has 2 aliphatic rings. The molecule has 2 rings (SSSR count). The zero-order valence-electron chi connectivity index (χ0n) is 18.9. The van der Waals surface area contributed by atoms with E-state index in [4.69, 9.17) is 23.7 Å². The Morgan fingerprint density at radius 1 is 0.741 bits per heavy atom. The first-order valence-electron chi connectivity index (χ1n) is 10.7. The molecule has 0 aromatic rings. The summed E-state index contributed by atoms with van der Waals surface area (Å²) >= 11 is 0. The number of hydrogen-bond acceptors (Lipinski definition) is 5. The molecule has 2 saturated heterocycles. The molecule has 0 spiro atoms. The SMILES string of the molecule is CCC1(C(C)(OCC(C)C)O[C@](C)(OCC(C)C)C2(CC)COC2)COC1. The highest BCUT2D eigenvalue weighted by atomic mass is 16.8. The van der Waals surface area contributed by atoms with Crippen molar-refractivity contribution >= 4 is 0 Å². The molecule has 5 nitrogen and oxygen atoms in total. The minimum absolute atomic E-state index is 0.149. The van der Waals surface area contributed by atoms with E-state index in [0.717, 1.165) is 12.8 Å². The summed E-state index contributed by atoms with van der Waals surface area (Å²) in [5.74, 6) is -0.683. The topological polar surface area (TPSA) is 46.2 Å². The Balaban J connectivity index is 2.33. The second kappa shape index (κ2) is 8.66. The maximum absolute atomic E-state index is 6.92. The van der Waals surface area contributed by atoms with Crippen molar-refractivity contribution in [3.63, 3.8) is 0 Å². The van der Waals surface area contributed by atoms with Gasteiger partial charge in [0.2, 0.25) is 0 Å². The highest BCUT2D eigenvalue weighted by molar-refractivity contribution is 5.02. The largest absolute Gasteiger partial charge is 0.380 e. The van der Waals surface area contributed by atoms with Crippen LogP contribution in [0.25, 0.3) is 0 Å². The first kappa shape index (κ1) is 23.1. The van der Waals surface area contributed by atoms with E-state index in [1.165, 1.54) is 0 Å². The molecule has 0 aromatic carbocycles. The van der Waals surface area contributed by atoms with Gasteiger partial charge in [0.15, 0.2) is 11.6 Å². The Bertz CT molecular complexity index is 416. The summed E-state index contributed by atoms with van der Waals surface area (Å²) in [7, 11) is 0. The average Bonchev–Trinajstić information content (AvgIpc) is 2.50. The summed E-state index contributed by atoms with van der Waals surface area (Å²) < 4.78 is 31.1. The predicted molar refractivity (Wildman–Crippen MR) is 107 cm³/mol. The molecule has 0 saturated carbocycles. The molecule has 0 amide bonds. The Labute approximate surface area is 166 Å². The minimum atomic E-state index is -0.770. The van der Waals surface area contributed by atoms with E-state index in [1.807, 2.05) is 0 Å². The Morgan fingerprint density at radius 2 is 1.07 bits per heavy atom. The number of rotatable bonds is 12. The zero-order chi connectivity index (χ0) is 20.3. The van der Waals surface area contributed by atoms with Crippen molar-refractivity contribution in [1.29, 1.82) is 0 Å². The van der Waals surface area contributed by atoms with E-state index in [0.29, 0.717) is 51.5 Å². The van der Waals surface area contributed by atoms with Crippen molar-refractivity contribution in [2.45, 2.75) is 79.8 Å². The van der Waals surface area contributed by atoms with Gasteiger partial charge in [0, 0.05) is 0 Å². The van der Waals surface area contributed by atoms with E-state index < -0.39 is 11.6 Å². The second-order valence-electron chi connectivity index (χ2n) is 9.66. The first-order valence-corrected chi connectivity index (χ1v) is 10.7. The highest BCUT2D eigenvalue weighted by Crippen LogP contribution is 2.52. The molecule has 5 heteroatoms. The van der Waals surface area contributed by atoms with Crippen LogP contribution in [0.1, 0.15) is 68.2 Å². The summed E-state index contributed by atoms with van der Waals surface area (Å²) in [5, 5.41) is 0. The van der Waals surface area contributed by atoms with Crippen LogP contribution in [-0.2, 0) is 23.7 Å². The van der Waals surface area contributed by atoms with Crippen LogP contribution in [-0.4, -0.2) is 51.2 Å². The van der Waals surface area contributed by atoms with Gasteiger partial charge in [-0.15, -0.1) is 0 Å². The van der Waals surface area contributed by atoms with Gasteiger partial charge in [-0.3, -0.25) is 0 Å². The average molecular weight is 387 g/mol. The van der Waals surface area contributed by atoms with Crippen molar-refractivity contribution in [2.24, 2.45) is 22.7 Å². The van der Waals surface area contributed by atoms with Gasteiger partial charge in [0.05, 0.1) is 50.5 Å². The third-order valence-electron chi connectivity index (χ3n) is 6.57. The molecule has 0 aliphatic carbocycles. The summed E-state index contributed by atoms with van der Waals surface area (Å²) in [6, 6.07) is 0. The molecule has 0 radical (unpaired) electrons. The molecular formula is C22H42O5. The fourth-order valence-electron chi connectivity index (χ4n) is 3.88. The molecule has 27 heavy (non-hydrogen) atoms. The Kier molecular flexibility index (Phi) is 7.41. The smallest absolute Gasteiger partial charge is 0.178 e. The molecule has 160 valence electrons. The molecule has 2 heterocycles. The molecular weight excluding hydrogens is 344 g/mol. The molecule has 0 aromatic heterocycles. The van der Waals surface area contributed by atoms with E-state index in [2.05, 4.69) is 55.4 Å². The van der Waals surface area contributed by atoms with Gasteiger partial charge in [0.1, 0.15) is 0 Å². The molecule has 2 fully saturated rings. The fraction of sp³-hybridized carbons (Fsp3) is 1.00. The summed E-state index contributed by atoms with van der Waals surface area (Å²) in [6.07, 6.45) is 1.88. The van der Waals surface area contributed by atoms with Crippen LogP contribution >= 0.6 is 0 Å². The van der Waals surface area contributed by atoms with Gasteiger partial charge in [-0.2, -0.15) is 0 Å². The van der Waals surface area contributed by atoms with Crippen molar-refractivity contribution in [3.8, 4) is 0 Å². The number of hydrogen-bond donors (Lipinski definition) is 0. The molecule has 2 atom stereocenters. The van der Waals surface area contributed by atoms with Gasteiger partial charge in [-0.05, 0) is 38.5 Å². The Morgan fingerprint density at radius 3 is 1.26 bits per heavy atom. The lowest BCUT2D eigenvalue weighted by Crippen LogP contribution is -2.69. The van der Waals surface area contributed by atoms with Crippen molar-refractivity contribution < 1.29 is 23.7 Å². The van der Waals surface area contributed by atoms with Crippen molar-refractivity contribution in [2.75, 3.05) is 39.6 Å². The summed E-state index contributed by atoms with van der Waals surface area (Å²) in [6.45, 7) is 21.1. The van der Waals surface area contributed by atoms with Gasteiger partial charge >= 0.3 is 0 Å². The van der Waals surface area contributed by atoms with Crippen LogP contribution in [0.2, 0.25) is 0 Å². The van der Waals surface area contributed by atoms with E-state index in [9.17, 15) is 0 Å². The predicted octanol–water partition coefficient (Wildman–Crippen LogP) is 4.63. The van der Waals surface area contributed by atoms with Crippen molar-refractivity contribution in [3.05, 3.63) is 0 Å². The van der Waals surface area contributed by atoms with Crippen LogP contribution in [0, 0.1) is 22.7 Å². The normalized spacial score (nSPS) is 25.6. The minimum Gasteiger partial charge on any atom is -0.380 e. The lowest BCUT2D eigenvalue weighted by atomic mass is 9.72. The monoisotopic (exact) mass is 386 g/mol. The summed E-state index contributed by atoms with van der Waals surface area (Å²) in [5.41, 5.74) is -0.298. The molecule has 0 N–H and O–H groups in total. The lowest BCUT2D eigenvalue weighted by molar-refractivity contribution is -0.450.